The Hall–Kier alpha value is -1.60. The summed E-state index contributed by atoms with van der Waals surface area (Å²) in [4.78, 5) is 24.9. The summed E-state index contributed by atoms with van der Waals surface area (Å²) in [5.41, 5.74) is 0. The molecular formula is C11H9NO3. The van der Waals surface area contributed by atoms with E-state index < -0.39 is 0 Å². The molecule has 0 aromatic carbocycles. The molecule has 4 nitrogen and oxygen atoms in total. The Labute approximate surface area is 86.9 Å². The molecule has 0 radical (unpaired) electrons. The molecule has 2 fully saturated rings. The highest BCUT2D eigenvalue weighted by molar-refractivity contribution is 6.06. The highest BCUT2D eigenvalue weighted by atomic mass is 16.5. The van der Waals surface area contributed by atoms with Gasteiger partial charge in [-0.25, -0.2) is 0 Å². The molecule has 4 heteroatoms. The van der Waals surface area contributed by atoms with Gasteiger partial charge in [0.2, 0.25) is 11.8 Å². The van der Waals surface area contributed by atoms with Crippen molar-refractivity contribution in [3.63, 3.8) is 0 Å². The van der Waals surface area contributed by atoms with E-state index in [1.165, 1.54) is 4.90 Å². The largest absolute Gasteiger partial charge is 0.365 e. The maximum atomic E-state index is 11.9. The van der Waals surface area contributed by atoms with Gasteiger partial charge >= 0.3 is 0 Å². The summed E-state index contributed by atoms with van der Waals surface area (Å²) in [5.74, 6) is 1.31. The maximum absolute atomic E-state index is 11.9. The lowest BCUT2D eigenvalue weighted by Crippen LogP contribution is -2.34. The normalized spacial score (nSPS) is 41.1. The third kappa shape index (κ3) is 0.910. The number of hydrogen-bond donors (Lipinski definition) is 0. The molecule has 4 atom stereocenters. The van der Waals surface area contributed by atoms with Crippen molar-refractivity contribution in [2.24, 2.45) is 11.8 Å². The van der Waals surface area contributed by atoms with E-state index in [2.05, 4.69) is 5.92 Å². The van der Waals surface area contributed by atoms with Crippen molar-refractivity contribution in [2.45, 2.75) is 12.2 Å². The van der Waals surface area contributed by atoms with E-state index in [1.807, 2.05) is 12.2 Å². The van der Waals surface area contributed by atoms with Gasteiger partial charge in [-0.1, -0.05) is 18.1 Å². The van der Waals surface area contributed by atoms with Crippen molar-refractivity contribution in [1.82, 2.24) is 4.90 Å². The summed E-state index contributed by atoms with van der Waals surface area (Å²) < 4.78 is 5.48. The number of amides is 2. The molecule has 3 aliphatic heterocycles. The molecule has 15 heavy (non-hydrogen) atoms. The molecule has 3 rings (SSSR count). The van der Waals surface area contributed by atoms with Gasteiger partial charge < -0.3 is 4.74 Å². The first-order valence-electron chi connectivity index (χ1n) is 4.86. The summed E-state index contributed by atoms with van der Waals surface area (Å²) in [7, 11) is 0. The molecule has 2 amide bonds. The summed E-state index contributed by atoms with van der Waals surface area (Å²) in [6, 6.07) is 0. The number of rotatable bonds is 1. The van der Waals surface area contributed by atoms with Gasteiger partial charge in [-0.2, -0.15) is 0 Å². The molecule has 0 N–H and O–H groups in total. The van der Waals surface area contributed by atoms with Crippen molar-refractivity contribution in [3.05, 3.63) is 12.2 Å². The van der Waals surface area contributed by atoms with E-state index in [9.17, 15) is 9.59 Å². The number of imide groups is 1. The van der Waals surface area contributed by atoms with Gasteiger partial charge in [-0.05, 0) is 0 Å². The second-order valence-corrected chi connectivity index (χ2v) is 3.97. The highest BCUT2D eigenvalue weighted by Crippen LogP contribution is 2.44. The van der Waals surface area contributed by atoms with Crippen LogP contribution in [0.2, 0.25) is 0 Å². The number of nitrogens with zero attached hydrogens (tertiary/aromatic N) is 1. The number of fused-ring (bicyclic) bond motifs is 5. The van der Waals surface area contributed by atoms with Crippen LogP contribution in [0.15, 0.2) is 12.2 Å². The Morgan fingerprint density at radius 1 is 1.27 bits per heavy atom. The first-order valence-corrected chi connectivity index (χ1v) is 4.86. The van der Waals surface area contributed by atoms with Crippen molar-refractivity contribution in [1.29, 1.82) is 0 Å². The highest BCUT2D eigenvalue weighted by Gasteiger charge is 2.60. The number of carbonyl (C=O) groups excluding carboxylic acids is 2. The van der Waals surface area contributed by atoms with E-state index in [0.717, 1.165) is 0 Å². The van der Waals surface area contributed by atoms with Crippen molar-refractivity contribution >= 4 is 11.8 Å². The topological polar surface area (TPSA) is 46.6 Å². The predicted molar refractivity (Wildman–Crippen MR) is 50.3 cm³/mol. The standard InChI is InChI=1S/C11H9NO3/c1-2-5-12-10(13)8-6-3-4-7(15-6)9(8)11(12)14/h1,3-4,6-9H,5H2. The van der Waals surface area contributed by atoms with Gasteiger partial charge in [0.1, 0.15) is 0 Å². The number of ether oxygens (including phenoxy) is 1. The van der Waals surface area contributed by atoms with Crippen LogP contribution in [-0.2, 0) is 14.3 Å². The number of carbonyl (C=O) groups is 2. The SMILES string of the molecule is C#CCN1C(=O)C2C3C=CC(O3)C2C1=O. The van der Waals surface area contributed by atoms with Crippen LogP contribution in [0.25, 0.3) is 0 Å². The molecule has 2 saturated heterocycles. The van der Waals surface area contributed by atoms with E-state index in [-0.39, 0.29) is 42.4 Å². The van der Waals surface area contributed by atoms with Crippen LogP contribution in [0.4, 0.5) is 0 Å². The molecule has 0 saturated carbocycles. The Balaban J connectivity index is 1.97. The van der Waals surface area contributed by atoms with E-state index >= 15 is 0 Å². The van der Waals surface area contributed by atoms with E-state index in [4.69, 9.17) is 11.2 Å². The second kappa shape index (κ2) is 2.71. The van der Waals surface area contributed by atoms with Gasteiger partial charge in [-0.15, -0.1) is 6.42 Å². The molecule has 3 heterocycles. The Morgan fingerprint density at radius 2 is 1.80 bits per heavy atom. The lowest BCUT2D eigenvalue weighted by molar-refractivity contribution is -0.141. The minimum atomic E-state index is -0.333. The first-order chi connectivity index (χ1) is 7.24. The molecule has 0 aromatic rings. The molecular weight excluding hydrogens is 194 g/mol. The molecule has 3 aliphatic rings. The number of likely N-dealkylation sites (tertiary alicyclic amines) is 1. The summed E-state index contributed by atoms with van der Waals surface area (Å²) >= 11 is 0. The summed E-state index contributed by atoms with van der Waals surface area (Å²) in [6.07, 6.45) is 8.39. The monoisotopic (exact) mass is 203 g/mol. The van der Waals surface area contributed by atoms with Gasteiger partial charge in [0.05, 0.1) is 30.6 Å². The smallest absolute Gasteiger partial charge is 0.237 e. The minimum Gasteiger partial charge on any atom is -0.365 e. The van der Waals surface area contributed by atoms with Gasteiger partial charge in [-0.3, -0.25) is 14.5 Å². The van der Waals surface area contributed by atoms with Gasteiger partial charge in [0.25, 0.3) is 0 Å². The molecule has 0 aliphatic carbocycles. The Bertz CT molecular complexity index is 390. The van der Waals surface area contributed by atoms with Crippen molar-refractivity contribution < 1.29 is 14.3 Å². The van der Waals surface area contributed by atoms with E-state index in [1.54, 1.807) is 0 Å². The number of hydrogen-bond acceptors (Lipinski definition) is 3. The quantitative estimate of drug-likeness (QED) is 0.329. The average molecular weight is 203 g/mol. The van der Waals surface area contributed by atoms with Crippen molar-refractivity contribution in [3.8, 4) is 12.3 Å². The van der Waals surface area contributed by atoms with E-state index in [0.29, 0.717) is 0 Å². The minimum absolute atomic E-state index is 0.0735. The van der Waals surface area contributed by atoms with Gasteiger partial charge in [0, 0.05) is 0 Å². The molecule has 0 aromatic heterocycles. The van der Waals surface area contributed by atoms with Gasteiger partial charge in [0.15, 0.2) is 0 Å². The Kier molecular flexibility index (Phi) is 1.57. The zero-order valence-electron chi connectivity index (χ0n) is 7.92. The average Bonchev–Trinajstić information content (AvgIpc) is 2.87. The van der Waals surface area contributed by atoms with Crippen LogP contribution in [0.5, 0.6) is 0 Å². The van der Waals surface area contributed by atoms with Crippen LogP contribution >= 0.6 is 0 Å². The Morgan fingerprint density at radius 3 is 2.27 bits per heavy atom. The van der Waals surface area contributed by atoms with Crippen LogP contribution in [0.1, 0.15) is 0 Å². The molecule has 0 spiro atoms. The van der Waals surface area contributed by atoms with Crippen molar-refractivity contribution in [2.75, 3.05) is 6.54 Å². The van der Waals surface area contributed by atoms with Crippen LogP contribution in [-0.4, -0.2) is 35.5 Å². The van der Waals surface area contributed by atoms with Crippen LogP contribution in [0.3, 0.4) is 0 Å². The first kappa shape index (κ1) is 8.69. The molecule has 4 unspecified atom stereocenters. The number of terminal acetylenes is 1. The van der Waals surface area contributed by atoms with Crippen LogP contribution in [0, 0.1) is 24.2 Å². The second-order valence-electron chi connectivity index (χ2n) is 3.97. The maximum Gasteiger partial charge on any atom is 0.237 e. The van der Waals surface area contributed by atoms with Crippen LogP contribution < -0.4 is 0 Å². The summed E-state index contributed by atoms with van der Waals surface area (Å²) in [5, 5.41) is 0. The lowest BCUT2D eigenvalue weighted by Gasteiger charge is -2.13. The zero-order chi connectivity index (χ0) is 10.6. The molecule has 2 bridgehead atoms. The lowest BCUT2D eigenvalue weighted by atomic mass is 9.85. The molecule has 76 valence electrons. The fraction of sp³-hybridized carbons (Fsp3) is 0.455. The third-order valence-electron chi connectivity index (χ3n) is 3.25. The zero-order valence-corrected chi connectivity index (χ0v) is 7.92. The fourth-order valence-electron chi connectivity index (χ4n) is 2.61. The predicted octanol–water partition coefficient (Wildman–Crippen LogP) is -0.442. The fourth-order valence-corrected chi connectivity index (χ4v) is 2.61. The summed E-state index contributed by atoms with van der Waals surface area (Å²) in [6.45, 7) is 0.0735. The third-order valence-corrected chi connectivity index (χ3v) is 3.25.